The molecule has 4 rings (SSSR count). The van der Waals surface area contributed by atoms with Crippen molar-refractivity contribution in [2.24, 2.45) is 0 Å². The monoisotopic (exact) mass is 475 g/mol. The number of hydrogen-bond donors (Lipinski definition) is 1. The van der Waals surface area contributed by atoms with Crippen LogP contribution in [0.25, 0.3) is 16.7 Å². The van der Waals surface area contributed by atoms with E-state index in [1.54, 1.807) is 31.4 Å². The van der Waals surface area contributed by atoms with Gasteiger partial charge >= 0.3 is 5.97 Å². The number of aryl methyl sites for hydroxylation is 1. The molecule has 0 bridgehead atoms. The number of rotatable bonds is 6. The van der Waals surface area contributed by atoms with Crippen molar-refractivity contribution in [2.75, 3.05) is 19.5 Å². The van der Waals surface area contributed by atoms with E-state index in [9.17, 15) is 9.18 Å². The van der Waals surface area contributed by atoms with Gasteiger partial charge in [0.05, 0.1) is 25.3 Å². The Balaban J connectivity index is 1.79. The van der Waals surface area contributed by atoms with E-state index in [0.717, 1.165) is 39.1 Å². The first-order valence-electron chi connectivity index (χ1n) is 11.4. The molecule has 0 amide bonds. The Kier molecular flexibility index (Phi) is 6.57. The third kappa shape index (κ3) is 4.87. The van der Waals surface area contributed by atoms with E-state index in [-0.39, 0.29) is 18.0 Å². The van der Waals surface area contributed by atoms with Crippen LogP contribution in [-0.2, 0) is 11.3 Å². The van der Waals surface area contributed by atoms with E-state index >= 15 is 0 Å². The van der Waals surface area contributed by atoms with Gasteiger partial charge in [0.1, 0.15) is 23.9 Å². The number of esters is 1. The molecule has 0 spiro atoms. The Bertz CT molecular complexity index is 1330. The number of hydrogen-bond acceptors (Lipinski definition) is 5. The van der Waals surface area contributed by atoms with Crippen LogP contribution in [-0.4, -0.2) is 25.7 Å². The van der Waals surface area contributed by atoms with Crippen molar-refractivity contribution in [3.63, 3.8) is 0 Å². The number of anilines is 1. The lowest BCUT2D eigenvalue weighted by Gasteiger charge is -2.33. The maximum atomic E-state index is 13.9. The summed E-state index contributed by atoms with van der Waals surface area (Å²) < 4.78 is 30.5. The maximum absolute atomic E-state index is 13.9. The van der Waals surface area contributed by atoms with Gasteiger partial charge in [0, 0.05) is 28.4 Å². The molecule has 1 aliphatic rings. The number of halogens is 1. The van der Waals surface area contributed by atoms with Gasteiger partial charge in [-0.3, -0.25) is 0 Å². The van der Waals surface area contributed by atoms with E-state index in [2.05, 4.69) is 25.2 Å². The zero-order valence-corrected chi connectivity index (χ0v) is 20.9. The second-order valence-corrected chi connectivity index (χ2v) is 9.29. The molecular weight excluding hydrogens is 445 g/mol. The van der Waals surface area contributed by atoms with Gasteiger partial charge in [-0.15, -0.1) is 0 Å². The first kappa shape index (κ1) is 24.3. The van der Waals surface area contributed by atoms with Crippen LogP contribution in [0.15, 0.2) is 54.6 Å². The average molecular weight is 476 g/mol. The summed E-state index contributed by atoms with van der Waals surface area (Å²) in [6.07, 6.45) is 2.15. The van der Waals surface area contributed by atoms with Crippen LogP contribution >= 0.6 is 0 Å². The van der Waals surface area contributed by atoms with E-state index in [1.807, 2.05) is 26.0 Å². The van der Waals surface area contributed by atoms with Gasteiger partial charge in [-0.25, -0.2) is 9.18 Å². The molecule has 0 aliphatic carbocycles. The van der Waals surface area contributed by atoms with Crippen molar-refractivity contribution in [3.05, 3.63) is 82.7 Å². The zero-order chi connectivity index (χ0) is 25.3. The molecular formula is C29H30FNO4. The second-order valence-electron chi connectivity index (χ2n) is 9.29. The highest BCUT2D eigenvalue weighted by Crippen LogP contribution is 2.42. The SMILES string of the molecule is COc1ccc(C(=O)OCc2c(-c3ccc(F)cc3OC)ccc3c2C(C)=CC(C)(C)N3)c(C)c1. The third-order valence-corrected chi connectivity index (χ3v) is 6.20. The molecule has 0 atom stereocenters. The lowest BCUT2D eigenvalue weighted by molar-refractivity contribution is 0.0472. The predicted octanol–water partition coefficient (Wildman–Crippen LogP) is 6.78. The molecule has 0 radical (unpaired) electrons. The summed E-state index contributed by atoms with van der Waals surface area (Å²) in [5.41, 5.74) is 6.36. The van der Waals surface area contributed by atoms with Crippen molar-refractivity contribution in [1.29, 1.82) is 0 Å². The fourth-order valence-corrected chi connectivity index (χ4v) is 4.70. The summed E-state index contributed by atoms with van der Waals surface area (Å²) >= 11 is 0. The molecule has 0 fully saturated rings. The van der Waals surface area contributed by atoms with Crippen LogP contribution in [0.5, 0.6) is 11.5 Å². The van der Waals surface area contributed by atoms with Crippen molar-refractivity contribution < 1.29 is 23.4 Å². The first-order valence-corrected chi connectivity index (χ1v) is 11.4. The second kappa shape index (κ2) is 9.45. The molecule has 5 nitrogen and oxygen atoms in total. The highest BCUT2D eigenvalue weighted by Gasteiger charge is 2.27. The molecule has 1 heterocycles. The van der Waals surface area contributed by atoms with Crippen molar-refractivity contribution >= 4 is 17.2 Å². The van der Waals surface area contributed by atoms with Gasteiger partial charge < -0.3 is 19.5 Å². The Morgan fingerprint density at radius 2 is 1.71 bits per heavy atom. The van der Waals surface area contributed by atoms with Crippen molar-refractivity contribution in [3.8, 4) is 22.6 Å². The normalized spacial score (nSPS) is 13.9. The summed E-state index contributed by atoms with van der Waals surface area (Å²) in [5, 5.41) is 3.54. The summed E-state index contributed by atoms with van der Waals surface area (Å²) in [6.45, 7) is 8.13. The Morgan fingerprint density at radius 3 is 2.40 bits per heavy atom. The van der Waals surface area contributed by atoms with E-state index in [0.29, 0.717) is 17.1 Å². The number of carbonyl (C=O) groups excluding carboxylic acids is 1. The van der Waals surface area contributed by atoms with Crippen molar-refractivity contribution in [1.82, 2.24) is 0 Å². The van der Waals surface area contributed by atoms with Gasteiger partial charge in [0.2, 0.25) is 0 Å². The Morgan fingerprint density at radius 1 is 0.971 bits per heavy atom. The van der Waals surface area contributed by atoms with Crippen LogP contribution in [0.4, 0.5) is 10.1 Å². The van der Waals surface area contributed by atoms with Gasteiger partial charge in [0.15, 0.2) is 0 Å². The number of fused-ring (bicyclic) bond motifs is 1. The number of ether oxygens (including phenoxy) is 3. The third-order valence-electron chi connectivity index (χ3n) is 6.20. The molecule has 0 saturated heterocycles. The molecule has 1 N–H and O–H groups in total. The molecule has 1 aliphatic heterocycles. The van der Waals surface area contributed by atoms with Gasteiger partial charge in [0.25, 0.3) is 0 Å². The summed E-state index contributed by atoms with van der Waals surface area (Å²) in [4.78, 5) is 13.0. The van der Waals surface area contributed by atoms with Crippen LogP contribution in [0.2, 0.25) is 0 Å². The summed E-state index contributed by atoms with van der Waals surface area (Å²) in [6, 6.07) is 13.6. The summed E-state index contributed by atoms with van der Waals surface area (Å²) in [7, 11) is 3.10. The van der Waals surface area contributed by atoms with Gasteiger partial charge in [-0.2, -0.15) is 0 Å². The fraction of sp³-hybridized carbons (Fsp3) is 0.276. The Labute approximate surface area is 205 Å². The Hall–Kier alpha value is -3.80. The van der Waals surface area contributed by atoms with E-state index in [4.69, 9.17) is 14.2 Å². The van der Waals surface area contributed by atoms with Gasteiger partial charge in [-0.05, 0) is 80.8 Å². The highest BCUT2D eigenvalue weighted by atomic mass is 19.1. The minimum atomic E-state index is -0.425. The predicted molar refractivity (Wildman–Crippen MR) is 137 cm³/mol. The zero-order valence-electron chi connectivity index (χ0n) is 20.9. The lowest BCUT2D eigenvalue weighted by atomic mass is 9.85. The summed E-state index contributed by atoms with van der Waals surface area (Å²) in [5.74, 6) is 0.280. The van der Waals surface area contributed by atoms with Gasteiger partial charge in [-0.1, -0.05) is 12.1 Å². The minimum Gasteiger partial charge on any atom is -0.497 e. The van der Waals surface area contributed by atoms with E-state index < -0.39 is 5.97 Å². The molecule has 3 aromatic carbocycles. The molecule has 182 valence electrons. The molecule has 0 saturated carbocycles. The average Bonchev–Trinajstić information content (AvgIpc) is 2.81. The first-order chi connectivity index (χ1) is 16.6. The minimum absolute atomic E-state index is 0.0383. The highest BCUT2D eigenvalue weighted by molar-refractivity contribution is 5.92. The largest absolute Gasteiger partial charge is 0.497 e. The maximum Gasteiger partial charge on any atom is 0.338 e. The number of allylic oxidation sites excluding steroid dienone is 1. The van der Waals surface area contributed by atoms with Crippen molar-refractivity contribution in [2.45, 2.75) is 39.8 Å². The number of methoxy groups -OCH3 is 2. The van der Waals surface area contributed by atoms with Crippen LogP contribution < -0.4 is 14.8 Å². The lowest BCUT2D eigenvalue weighted by Crippen LogP contribution is -2.32. The number of benzene rings is 3. The van der Waals surface area contributed by atoms with Crippen LogP contribution in [0.3, 0.4) is 0 Å². The topological polar surface area (TPSA) is 56.8 Å². The standard InChI is InChI=1S/C29H30FNO4/c1-17-13-20(33-5)8-10-21(17)28(32)35-16-24-22(23-9-7-19(30)14-26(23)34-6)11-12-25-27(24)18(2)15-29(3,4)31-25/h7-15,31H,16H2,1-6H3. The molecule has 3 aromatic rings. The smallest absolute Gasteiger partial charge is 0.338 e. The van der Waals surface area contributed by atoms with Crippen LogP contribution in [0.1, 0.15) is 47.8 Å². The number of carbonyl (C=O) groups is 1. The molecule has 6 heteroatoms. The quantitative estimate of drug-likeness (QED) is 0.398. The molecule has 0 unspecified atom stereocenters. The number of nitrogens with one attached hydrogen (secondary N) is 1. The molecule has 0 aromatic heterocycles. The van der Waals surface area contributed by atoms with Crippen LogP contribution in [0, 0.1) is 12.7 Å². The van der Waals surface area contributed by atoms with E-state index in [1.165, 1.54) is 19.2 Å². The molecule has 35 heavy (non-hydrogen) atoms. The fourth-order valence-electron chi connectivity index (χ4n) is 4.70.